The van der Waals surface area contributed by atoms with E-state index in [1.807, 2.05) is 42.2 Å². The van der Waals surface area contributed by atoms with Crippen LogP contribution in [0.25, 0.3) is 10.8 Å². The lowest BCUT2D eigenvalue weighted by molar-refractivity contribution is -0.141. The van der Waals surface area contributed by atoms with Gasteiger partial charge in [-0.25, -0.2) is 0 Å². The Hall–Kier alpha value is -2.54. The smallest absolute Gasteiger partial charge is 0.325 e. The molecule has 0 radical (unpaired) electrons. The Morgan fingerprint density at radius 2 is 1.90 bits per heavy atom. The van der Waals surface area contributed by atoms with E-state index < -0.39 is 0 Å². The summed E-state index contributed by atoms with van der Waals surface area (Å²) in [6, 6.07) is 13.6. The first-order chi connectivity index (χ1) is 10.2. The molecule has 0 aliphatic carbocycles. The Balaban J connectivity index is 2.45. The van der Waals surface area contributed by atoms with Crippen molar-refractivity contribution in [3.63, 3.8) is 0 Å². The zero-order chi connectivity index (χ0) is 15.2. The molecule has 0 N–H and O–H groups in total. The summed E-state index contributed by atoms with van der Waals surface area (Å²) in [6.45, 7) is 5.07. The fraction of sp³-hybridized carbons (Fsp3) is 0.294. The average molecular weight is 282 g/mol. The van der Waals surface area contributed by atoms with Gasteiger partial charge in [-0.05, 0) is 26.0 Å². The summed E-state index contributed by atoms with van der Waals surface area (Å²) in [6.07, 6.45) is 0. The molecular weight excluding hydrogens is 264 g/mol. The minimum atomic E-state index is -0.243. The van der Waals surface area contributed by atoms with Gasteiger partial charge < -0.3 is 9.64 Å². The molecule has 0 fully saturated rings. The van der Waals surface area contributed by atoms with Gasteiger partial charge in [0.1, 0.15) is 6.54 Å². The van der Waals surface area contributed by atoms with Crippen molar-refractivity contribution < 1.29 is 9.53 Å². The van der Waals surface area contributed by atoms with Crippen LogP contribution in [-0.2, 0) is 9.53 Å². The van der Waals surface area contributed by atoms with Gasteiger partial charge in [0.15, 0.2) is 0 Å². The monoisotopic (exact) mass is 282 g/mol. The van der Waals surface area contributed by atoms with Gasteiger partial charge in [-0.2, -0.15) is 5.26 Å². The van der Waals surface area contributed by atoms with Crippen molar-refractivity contribution in [2.24, 2.45) is 0 Å². The number of anilines is 1. The molecule has 0 bridgehead atoms. The maximum Gasteiger partial charge on any atom is 0.325 e. The lowest BCUT2D eigenvalue weighted by Gasteiger charge is -2.24. The first-order valence-electron chi connectivity index (χ1n) is 7.03. The topological polar surface area (TPSA) is 53.3 Å². The number of carbonyl (C=O) groups is 1. The lowest BCUT2D eigenvalue weighted by Crippen LogP contribution is -2.31. The van der Waals surface area contributed by atoms with Crippen LogP contribution < -0.4 is 4.90 Å². The number of nitriles is 1. The molecule has 4 heteroatoms. The highest BCUT2D eigenvalue weighted by Crippen LogP contribution is 2.29. The van der Waals surface area contributed by atoms with Crippen LogP contribution in [0, 0.1) is 11.3 Å². The zero-order valence-electron chi connectivity index (χ0n) is 12.3. The number of carbonyl (C=O) groups excluding carboxylic acids is 1. The average Bonchev–Trinajstić information content (AvgIpc) is 2.52. The van der Waals surface area contributed by atoms with E-state index in [-0.39, 0.29) is 12.5 Å². The standard InChI is InChI=1S/C17H18N2O2/c1-3-19(12-17(20)21-4-2)16-10-9-13(11-18)14-7-5-6-8-15(14)16/h5-10H,3-4,12H2,1-2H3. The second-order valence-corrected chi connectivity index (χ2v) is 4.61. The third-order valence-electron chi connectivity index (χ3n) is 3.37. The van der Waals surface area contributed by atoms with Crippen LogP contribution in [-0.4, -0.2) is 25.7 Å². The maximum atomic E-state index is 11.7. The number of benzene rings is 2. The Kier molecular flexibility index (Phi) is 4.78. The van der Waals surface area contributed by atoms with Crippen molar-refractivity contribution in [2.75, 3.05) is 24.6 Å². The fourth-order valence-electron chi connectivity index (χ4n) is 2.39. The Morgan fingerprint density at radius 3 is 2.52 bits per heavy atom. The summed E-state index contributed by atoms with van der Waals surface area (Å²) >= 11 is 0. The van der Waals surface area contributed by atoms with Crippen molar-refractivity contribution in [2.45, 2.75) is 13.8 Å². The van der Waals surface area contributed by atoms with E-state index >= 15 is 0 Å². The van der Waals surface area contributed by atoms with Crippen LogP contribution in [0.15, 0.2) is 36.4 Å². The first-order valence-corrected chi connectivity index (χ1v) is 7.03. The van der Waals surface area contributed by atoms with Gasteiger partial charge in [-0.1, -0.05) is 24.3 Å². The zero-order valence-corrected chi connectivity index (χ0v) is 12.3. The summed E-state index contributed by atoms with van der Waals surface area (Å²) in [5.41, 5.74) is 1.58. The number of likely N-dealkylation sites (N-methyl/N-ethyl adjacent to an activating group) is 1. The molecule has 2 aromatic rings. The lowest BCUT2D eigenvalue weighted by atomic mass is 10.0. The van der Waals surface area contributed by atoms with Crippen LogP contribution in [0.3, 0.4) is 0 Å². The van der Waals surface area contributed by atoms with Gasteiger partial charge in [0.25, 0.3) is 0 Å². The van der Waals surface area contributed by atoms with E-state index in [4.69, 9.17) is 4.74 Å². The summed E-state index contributed by atoms with van der Waals surface area (Å²) in [4.78, 5) is 13.7. The van der Waals surface area contributed by atoms with Crippen LogP contribution in [0.5, 0.6) is 0 Å². The molecule has 0 saturated heterocycles. The Bertz CT molecular complexity index is 689. The predicted octanol–water partition coefficient (Wildman–Crippen LogP) is 3.10. The molecule has 4 nitrogen and oxygen atoms in total. The second-order valence-electron chi connectivity index (χ2n) is 4.61. The van der Waals surface area contributed by atoms with Gasteiger partial charge in [0.2, 0.25) is 0 Å². The highest BCUT2D eigenvalue weighted by Gasteiger charge is 2.14. The molecular formula is C17H18N2O2. The molecule has 21 heavy (non-hydrogen) atoms. The van der Waals surface area contributed by atoms with E-state index in [1.54, 1.807) is 13.0 Å². The Labute approximate surface area is 124 Å². The number of esters is 1. The number of nitrogens with zero attached hydrogens (tertiary/aromatic N) is 2. The van der Waals surface area contributed by atoms with Crippen LogP contribution in [0.4, 0.5) is 5.69 Å². The van der Waals surface area contributed by atoms with E-state index in [2.05, 4.69) is 6.07 Å². The summed E-state index contributed by atoms with van der Waals surface area (Å²) in [5.74, 6) is -0.243. The van der Waals surface area contributed by atoms with Crippen LogP contribution >= 0.6 is 0 Å². The SMILES string of the molecule is CCOC(=O)CN(CC)c1ccc(C#N)c2ccccc12. The molecule has 0 aliphatic heterocycles. The Morgan fingerprint density at radius 1 is 1.19 bits per heavy atom. The largest absolute Gasteiger partial charge is 0.465 e. The highest BCUT2D eigenvalue weighted by atomic mass is 16.5. The number of hydrogen-bond donors (Lipinski definition) is 0. The minimum Gasteiger partial charge on any atom is -0.465 e. The molecule has 0 spiro atoms. The minimum absolute atomic E-state index is 0.209. The van der Waals surface area contributed by atoms with E-state index in [0.29, 0.717) is 18.7 Å². The molecule has 0 aliphatic rings. The molecule has 0 unspecified atom stereocenters. The van der Waals surface area contributed by atoms with Gasteiger partial charge in [0, 0.05) is 23.0 Å². The quantitative estimate of drug-likeness (QED) is 0.791. The molecule has 0 heterocycles. The molecule has 0 saturated carbocycles. The summed E-state index contributed by atoms with van der Waals surface area (Å²) in [7, 11) is 0. The van der Waals surface area contributed by atoms with Crippen molar-refractivity contribution in [3.8, 4) is 6.07 Å². The number of ether oxygens (including phenoxy) is 1. The highest BCUT2D eigenvalue weighted by molar-refractivity contribution is 5.98. The molecule has 108 valence electrons. The van der Waals surface area contributed by atoms with Crippen LogP contribution in [0.2, 0.25) is 0 Å². The molecule has 0 amide bonds. The normalized spacial score (nSPS) is 10.1. The third-order valence-corrected chi connectivity index (χ3v) is 3.37. The number of rotatable bonds is 5. The summed E-state index contributed by atoms with van der Waals surface area (Å²) < 4.78 is 5.02. The van der Waals surface area contributed by atoms with Crippen molar-refractivity contribution >= 4 is 22.4 Å². The van der Waals surface area contributed by atoms with Crippen LogP contribution in [0.1, 0.15) is 19.4 Å². The molecule has 2 rings (SSSR count). The number of hydrogen-bond acceptors (Lipinski definition) is 4. The third kappa shape index (κ3) is 3.14. The predicted molar refractivity (Wildman–Crippen MR) is 83.2 cm³/mol. The van der Waals surface area contributed by atoms with E-state index in [1.165, 1.54) is 0 Å². The van der Waals surface area contributed by atoms with Gasteiger partial charge in [-0.15, -0.1) is 0 Å². The maximum absolute atomic E-state index is 11.7. The molecule has 0 aromatic heterocycles. The van der Waals surface area contributed by atoms with Gasteiger partial charge in [0.05, 0.1) is 18.2 Å². The molecule has 0 atom stereocenters. The summed E-state index contributed by atoms with van der Waals surface area (Å²) in [5, 5.41) is 11.1. The van der Waals surface area contributed by atoms with Gasteiger partial charge >= 0.3 is 5.97 Å². The molecule has 2 aromatic carbocycles. The fourth-order valence-corrected chi connectivity index (χ4v) is 2.39. The van der Waals surface area contributed by atoms with Crippen molar-refractivity contribution in [1.82, 2.24) is 0 Å². The van der Waals surface area contributed by atoms with E-state index in [0.717, 1.165) is 16.5 Å². The number of fused-ring (bicyclic) bond motifs is 1. The van der Waals surface area contributed by atoms with Crippen molar-refractivity contribution in [1.29, 1.82) is 5.26 Å². The first kappa shape index (κ1) is 14.9. The second kappa shape index (κ2) is 6.76. The van der Waals surface area contributed by atoms with Gasteiger partial charge in [-0.3, -0.25) is 4.79 Å². The van der Waals surface area contributed by atoms with Crippen molar-refractivity contribution in [3.05, 3.63) is 42.0 Å². The van der Waals surface area contributed by atoms with E-state index in [9.17, 15) is 10.1 Å².